The first kappa shape index (κ1) is 10.9. The highest BCUT2D eigenvalue weighted by Crippen LogP contribution is 2.28. The van der Waals surface area contributed by atoms with Crippen LogP contribution in [-0.4, -0.2) is 30.8 Å². The molecule has 1 unspecified atom stereocenters. The van der Waals surface area contributed by atoms with Crippen molar-refractivity contribution in [2.45, 2.75) is 19.4 Å². The Morgan fingerprint density at radius 1 is 1.67 bits per heavy atom. The van der Waals surface area contributed by atoms with Crippen LogP contribution in [-0.2, 0) is 4.74 Å². The molecule has 2 rings (SSSR count). The van der Waals surface area contributed by atoms with E-state index in [-0.39, 0.29) is 0 Å². The number of halogens is 1. The second-order valence-electron chi connectivity index (χ2n) is 3.66. The van der Waals surface area contributed by atoms with Crippen molar-refractivity contribution in [1.29, 1.82) is 0 Å². The zero-order valence-corrected chi connectivity index (χ0v) is 10.4. The van der Waals surface area contributed by atoms with Gasteiger partial charge in [-0.05, 0) is 28.4 Å². The molecule has 1 aliphatic heterocycles. The summed E-state index contributed by atoms with van der Waals surface area (Å²) >= 11 is 3.54. The summed E-state index contributed by atoms with van der Waals surface area (Å²) in [5, 5.41) is 0. The minimum atomic E-state index is 0.484. The van der Waals surface area contributed by atoms with Gasteiger partial charge in [-0.2, -0.15) is 0 Å². The van der Waals surface area contributed by atoms with Crippen LogP contribution in [0.1, 0.15) is 13.3 Å². The van der Waals surface area contributed by atoms with Gasteiger partial charge in [0.1, 0.15) is 0 Å². The van der Waals surface area contributed by atoms with Crippen LogP contribution in [0.4, 0.5) is 5.69 Å². The Bertz CT molecular complexity index is 332. The summed E-state index contributed by atoms with van der Waals surface area (Å²) in [7, 11) is 0. The molecular formula is C11H15BrN2O. The predicted molar refractivity (Wildman–Crippen MR) is 64.2 cm³/mol. The van der Waals surface area contributed by atoms with Gasteiger partial charge in [0, 0.05) is 18.9 Å². The standard InChI is InChI=1S/C11H15BrN2O/c1-2-9-8-15-6-5-14(9)11-3-4-13-7-10(11)12/h3-4,7,9H,2,5-6,8H2,1H3. The molecule has 82 valence electrons. The van der Waals surface area contributed by atoms with E-state index in [2.05, 4.69) is 38.8 Å². The minimum absolute atomic E-state index is 0.484. The highest BCUT2D eigenvalue weighted by atomic mass is 79.9. The number of ether oxygens (including phenoxy) is 1. The summed E-state index contributed by atoms with van der Waals surface area (Å²) in [6.07, 6.45) is 4.79. The molecule has 1 fully saturated rings. The molecular weight excluding hydrogens is 256 g/mol. The van der Waals surface area contributed by atoms with Crippen LogP contribution in [0.5, 0.6) is 0 Å². The summed E-state index contributed by atoms with van der Waals surface area (Å²) in [6, 6.07) is 2.54. The van der Waals surface area contributed by atoms with Crippen molar-refractivity contribution in [2.24, 2.45) is 0 Å². The Morgan fingerprint density at radius 2 is 2.53 bits per heavy atom. The lowest BCUT2D eigenvalue weighted by atomic mass is 10.1. The van der Waals surface area contributed by atoms with Gasteiger partial charge in [0.2, 0.25) is 0 Å². The molecule has 0 spiro atoms. The summed E-state index contributed by atoms with van der Waals surface area (Å²) < 4.78 is 6.55. The van der Waals surface area contributed by atoms with Gasteiger partial charge < -0.3 is 9.64 Å². The fourth-order valence-electron chi connectivity index (χ4n) is 1.91. The quantitative estimate of drug-likeness (QED) is 0.826. The van der Waals surface area contributed by atoms with Gasteiger partial charge in [0.25, 0.3) is 0 Å². The third kappa shape index (κ3) is 2.32. The van der Waals surface area contributed by atoms with E-state index in [1.807, 2.05) is 12.4 Å². The number of morpholine rings is 1. The van der Waals surface area contributed by atoms with Crippen LogP contribution in [0.15, 0.2) is 22.9 Å². The number of nitrogens with zero attached hydrogens (tertiary/aromatic N) is 2. The second kappa shape index (κ2) is 4.94. The van der Waals surface area contributed by atoms with Crippen LogP contribution >= 0.6 is 15.9 Å². The van der Waals surface area contributed by atoms with Gasteiger partial charge in [-0.15, -0.1) is 0 Å². The van der Waals surface area contributed by atoms with E-state index in [1.165, 1.54) is 5.69 Å². The van der Waals surface area contributed by atoms with Crippen molar-refractivity contribution in [3.8, 4) is 0 Å². The van der Waals surface area contributed by atoms with Crippen molar-refractivity contribution in [3.63, 3.8) is 0 Å². The Labute approximate surface area is 98.6 Å². The van der Waals surface area contributed by atoms with Crippen molar-refractivity contribution in [1.82, 2.24) is 4.98 Å². The number of anilines is 1. The molecule has 1 aliphatic rings. The molecule has 2 heterocycles. The SMILES string of the molecule is CCC1COCCN1c1ccncc1Br. The van der Waals surface area contributed by atoms with E-state index in [1.54, 1.807) is 0 Å². The van der Waals surface area contributed by atoms with Crippen LogP contribution in [0.2, 0.25) is 0 Å². The fraction of sp³-hybridized carbons (Fsp3) is 0.545. The van der Waals surface area contributed by atoms with Gasteiger partial charge in [-0.25, -0.2) is 0 Å². The molecule has 0 aromatic carbocycles. The zero-order chi connectivity index (χ0) is 10.7. The van der Waals surface area contributed by atoms with Gasteiger partial charge in [-0.1, -0.05) is 6.92 Å². The minimum Gasteiger partial charge on any atom is -0.377 e. The first-order chi connectivity index (χ1) is 7.33. The van der Waals surface area contributed by atoms with E-state index < -0.39 is 0 Å². The summed E-state index contributed by atoms with van der Waals surface area (Å²) in [5.41, 5.74) is 1.22. The summed E-state index contributed by atoms with van der Waals surface area (Å²) in [6.45, 7) is 4.79. The van der Waals surface area contributed by atoms with E-state index in [0.29, 0.717) is 6.04 Å². The van der Waals surface area contributed by atoms with Crippen molar-refractivity contribution >= 4 is 21.6 Å². The molecule has 4 heteroatoms. The molecule has 0 radical (unpaired) electrons. The first-order valence-electron chi connectivity index (χ1n) is 5.27. The summed E-state index contributed by atoms with van der Waals surface area (Å²) in [5.74, 6) is 0. The highest BCUT2D eigenvalue weighted by Gasteiger charge is 2.22. The zero-order valence-electron chi connectivity index (χ0n) is 8.82. The van der Waals surface area contributed by atoms with Crippen LogP contribution < -0.4 is 4.90 Å². The Balaban J connectivity index is 2.24. The van der Waals surface area contributed by atoms with E-state index in [0.717, 1.165) is 30.7 Å². The molecule has 1 saturated heterocycles. The van der Waals surface area contributed by atoms with E-state index >= 15 is 0 Å². The normalized spacial score (nSPS) is 21.7. The maximum atomic E-state index is 5.49. The Hall–Kier alpha value is -0.610. The lowest BCUT2D eigenvalue weighted by Crippen LogP contribution is -2.45. The monoisotopic (exact) mass is 270 g/mol. The van der Waals surface area contributed by atoms with E-state index in [4.69, 9.17) is 4.74 Å². The molecule has 0 bridgehead atoms. The lowest BCUT2D eigenvalue weighted by Gasteiger charge is -2.37. The average Bonchev–Trinajstić information content (AvgIpc) is 2.30. The van der Waals surface area contributed by atoms with Gasteiger partial charge >= 0.3 is 0 Å². The first-order valence-corrected chi connectivity index (χ1v) is 6.06. The number of rotatable bonds is 2. The second-order valence-corrected chi connectivity index (χ2v) is 4.51. The topological polar surface area (TPSA) is 25.4 Å². The largest absolute Gasteiger partial charge is 0.377 e. The van der Waals surface area contributed by atoms with Crippen LogP contribution in [0, 0.1) is 0 Å². The molecule has 15 heavy (non-hydrogen) atoms. The Morgan fingerprint density at radius 3 is 3.27 bits per heavy atom. The Kier molecular flexibility index (Phi) is 3.59. The number of pyridine rings is 1. The van der Waals surface area contributed by atoms with Crippen molar-refractivity contribution in [2.75, 3.05) is 24.7 Å². The molecule has 0 N–H and O–H groups in total. The van der Waals surface area contributed by atoms with Gasteiger partial charge in [0.15, 0.2) is 0 Å². The van der Waals surface area contributed by atoms with Gasteiger partial charge in [0.05, 0.1) is 29.4 Å². The fourth-order valence-corrected chi connectivity index (χ4v) is 2.39. The molecule has 1 aromatic heterocycles. The molecule has 3 nitrogen and oxygen atoms in total. The van der Waals surface area contributed by atoms with Crippen LogP contribution in [0.25, 0.3) is 0 Å². The molecule has 0 amide bonds. The lowest BCUT2D eigenvalue weighted by molar-refractivity contribution is 0.0929. The van der Waals surface area contributed by atoms with Gasteiger partial charge in [-0.3, -0.25) is 4.98 Å². The number of aromatic nitrogens is 1. The smallest absolute Gasteiger partial charge is 0.0670 e. The maximum Gasteiger partial charge on any atom is 0.0670 e. The number of hydrogen-bond donors (Lipinski definition) is 0. The van der Waals surface area contributed by atoms with Crippen molar-refractivity contribution in [3.05, 3.63) is 22.9 Å². The third-order valence-electron chi connectivity index (χ3n) is 2.76. The third-order valence-corrected chi connectivity index (χ3v) is 3.37. The van der Waals surface area contributed by atoms with Crippen LogP contribution in [0.3, 0.4) is 0 Å². The molecule has 0 saturated carbocycles. The molecule has 0 aliphatic carbocycles. The molecule has 1 atom stereocenters. The predicted octanol–water partition coefficient (Wildman–Crippen LogP) is 2.46. The summed E-state index contributed by atoms with van der Waals surface area (Å²) in [4.78, 5) is 6.48. The van der Waals surface area contributed by atoms with Crippen molar-refractivity contribution < 1.29 is 4.74 Å². The van der Waals surface area contributed by atoms with E-state index in [9.17, 15) is 0 Å². The molecule has 1 aromatic rings. The maximum absolute atomic E-state index is 5.49. The highest BCUT2D eigenvalue weighted by molar-refractivity contribution is 9.10. The average molecular weight is 271 g/mol. The number of hydrogen-bond acceptors (Lipinski definition) is 3.